The Bertz CT molecular complexity index is 720. The summed E-state index contributed by atoms with van der Waals surface area (Å²) in [6.07, 6.45) is 2.10. The van der Waals surface area contributed by atoms with Crippen LogP contribution in [0.15, 0.2) is 29.8 Å². The molecule has 2 rings (SSSR count). The highest BCUT2D eigenvalue weighted by Gasteiger charge is 2.24. The van der Waals surface area contributed by atoms with E-state index in [0.29, 0.717) is 16.6 Å². The molecule has 24 heavy (non-hydrogen) atoms. The Morgan fingerprint density at radius 1 is 1.29 bits per heavy atom. The first-order chi connectivity index (χ1) is 11.4. The summed E-state index contributed by atoms with van der Waals surface area (Å²) < 4.78 is 0. The molecular formula is C16H17Cl2N3O2S. The van der Waals surface area contributed by atoms with E-state index in [4.69, 9.17) is 23.2 Å². The molecule has 0 saturated carbocycles. The first-order valence-corrected chi connectivity index (χ1v) is 8.96. The molecule has 0 aliphatic carbocycles. The van der Waals surface area contributed by atoms with Gasteiger partial charge in [0, 0.05) is 16.6 Å². The average Bonchev–Trinajstić information content (AvgIpc) is 2.98. The zero-order valence-electron chi connectivity index (χ0n) is 13.2. The number of thiazole rings is 1. The Balaban J connectivity index is 2.12. The molecule has 1 atom stereocenters. The Hall–Kier alpha value is -1.63. The van der Waals surface area contributed by atoms with Crippen LogP contribution in [0.3, 0.4) is 0 Å². The quantitative estimate of drug-likeness (QED) is 0.781. The topological polar surface area (TPSA) is 71.1 Å². The molecule has 2 N–H and O–H groups in total. The highest BCUT2D eigenvalue weighted by molar-refractivity contribution is 7.13. The SMILES string of the molecule is CC(C)CC(NC(=O)c1ccc(Cl)cc1Cl)C(=O)Nc1nccs1. The van der Waals surface area contributed by atoms with Crippen LogP contribution >= 0.6 is 34.5 Å². The summed E-state index contributed by atoms with van der Waals surface area (Å²) in [6, 6.07) is 3.92. The number of hydrogen-bond acceptors (Lipinski definition) is 4. The number of hydrogen-bond donors (Lipinski definition) is 2. The van der Waals surface area contributed by atoms with Gasteiger partial charge in [-0.2, -0.15) is 0 Å². The van der Waals surface area contributed by atoms with Gasteiger partial charge in [-0.1, -0.05) is 37.0 Å². The third-order valence-corrected chi connectivity index (χ3v) is 4.40. The van der Waals surface area contributed by atoms with E-state index in [1.807, 2.05) is 13.8 Å². The largest absolute Gasteiger partial charge is 0.340 e. The van der Waals surface area contributed by atoms with Gasteiger partial charge in [0.1, 0.15) is 6.04 Å². The number of aromatic nitrogens is 1. The summed E-state index contributed by atoms with van der Waals surface area (Å²) in [5.74, 6) is -0.508. The van der Waals surface area contributed by atoms with Crippen molar-refractivity contribution in [2.75, 3.05) is 5.32 Å². The third-order valence-electron chi connectivity index (χ3n) is 3.17. The normalized spacial score (nSPS) is 12.0. The van der Waals surface area contributed by atoms with Gasteiger partial charge in [-0.15, -0.1) is 11.3 Å². The standard InChI is InChI=1S/C16H17Cl2N3O2S/c1-9(2)7-13(15(23)21-16-19-5-6-24-16)20-14(22)11-4-3-10(17)8-12(11)18/h3-6,8-9,13H,7H2,1-2H3,(H,20,22)(H,19,21,23). The van der Waals surface area contributed by atoms with Crippen LogP contribution in [-0.4, -0.2) is 22.8 Å². The van der Waals surface area contributed by atoms with Gasteiger partial charge in [-0.05, 0) is 30.5 Å². The number of rotatable bonds is 6. The van der Waals surface area contributed by atoms with E-state index in [2.05, 4.69) is 15.6 Å². The molecule has 1 aromatic carbocycles. The maximum absolute atomic E-state index is 12.4. The monoisotopic (exact) mass is 385 g/mol. The van der Waals surface area contributed by atoms with Gasteiger partial charge in [0.15, 0.2) is 5.13 Å². The lowest BCUT2D eigenvalue weighted by Gasteiger charge is -2.20. The number of amides is 2. The van der Waals surface area contributed by atoms with Gasteiger partial charge in [-0.3, -0.25) is 9.59 Å². The van der Waals surface area contributed by atoms with Crippen LogP contribution in [0.1, 0.15) is 30.6 Å². The molecule has 8 heteroatoms. The number of nitrogens with zero attached hydrogens (tertiary/aromatic N) is 1. The Kier molecular flexibility index (Phi) is 6.60. The zero-order valence-corrected chi connectivity index (χ0v) is 15.5. The van der Waals surface area contributed by atoms with Gasteiger partial charge in [-0.25, -0.2) is 4.98 Å². The van der Waals surface area contributed by atoms with E-state index in [1.54, 1.807) is 17.6 Å². The molecule has 0 saturated heterocycles. The molecule has 0 aliphatic rings. The van der Waals surface area contributed by atoms with Gasteiger partial charge in [0.25, 0.3) is 5.91 Å². The van der Waals surface area contributed by atoms with Crippen molar-refractivity contribution in [1.82, 2.24) is 10.3 Å². The van der Waals surface area contributed by atoms with Crippen LogP contribution in [0.25, 0.3) is 0 Å². The fourth-order valence-electron chi connectivity index (χ4n) is 2.09. The molecule has 0 aliphatic heterocycles. The predicted molar refractivity (Wildman–Crippen MR) is 97.9 cm³/mol. The van der Waals surface area contributed by atoms with Crippen molar-refractivity contribution in [2.24, 2.45) is 5.92 Å². The average molecular weight is 386 g/mol. The minimum atomic E-state index is -0.687. The number of halogens is 2. The molecule has 2 aromatic rings. The number of nitrogens with one attached hydrogen (secondary N) is 2. The van der Waals surface area contributed by atoms with E-state index in [-0.39, 0.29) is 22.4 Å². The van der Waals surface area contributed by atoms with Crippen molar-refractivity contribution < 1.29 is 9.59 Å². The Morgan fingerprint density at radius 2 is 2.04 bits per heavy atom. The lowest BCUT2D eigenvalue weighted by Crippen LogP contribution is -2.44. The first-order valence-electron chi connectivity index (χ1n) is 7.33. The molecule has 2 amide bonds. The van der Waals surface area contributed by atoms with Crippen LogP contribution in [-0.2, 0) is 4.79 Å². The number of carbonyl (C=O) groups is 2. The van der Waals surface area contributed by atoms with Crippen LogP contribution in [0.5, 0.6) is 0 Å². The van der Waals surface area contributed by atoms with E-state index >= 15 is 0 Å². The lowest BCUT2D eigenvalue weighted by atomic mass is 10.0. The highest BCUT2D eigenvalue weighted by atomic mass is 35.5. The first kappa shape index (κ1) is 18.7. The summed E-state index contributed by atoms with van der Waals surface area (Å²) in [5, 5.41) is 8.38. The zero-order chi connectivity index (χ0) is 17.7. The molecule has 0 fully saturated rings. The Morgan fingerprint density at radius 3 is 2.62 bits per heavy atom. The fourth-order valence-corrected chi connectivity index (χ4v) is 3.12. The fraction of sp³-hybridized carbons (Fsp3) is 0.312. The summed E-state index contributed by atoms with van der Waals surface area (Å²) in [7, 11) is 0. The van der Waals surface area contributed by atoms with Gasteiger partial charge in [0.2, 0.25) is 5.91 Å². The number of benzene rings is 1. The Labute approximate surface area is 154 Å². The number of carbonyl (C=O) groups excluding carboxylic acids is 2. The molecular weight excluding hydrogens is 369 g/mol. The molecule has 1 unspecified atom stereocenters. The maximum Gasteiger partial charge on any atom is 0.253 e. The molecule has 128 valence electrons. The smallest absolute Gasteiger partial charge is 0.253 e. The second kappa shape index (κ2) is 8.46. The summed E-state index contributed by atoms with van der Waals surface area (Å²) >= 11 is 13.2. The van der Waals surface area contributed by atoms with Crippen LogP contribution in [0.4, 0.5) is 5.13 Å². The van der Waals surface area contributed by atoms with Crippen molar-refractivity contribution in [1.29, 1.82) is 0 Å². The van der Waals surface area contributed by atoms with Crippen molar-refractivity contribution in [3.63, 3.8) is 0 Å². The molecule has 0 radical (unpaired) electrons. The molecule has 1 aromatic heterocycles. The minimum absolute atomic E-state index is 0.220. The summed E-state index contributed by atoms with van der Waals surface area (Å²) in [4.78, 5) is 28.9. The maximum atomic E-state index is 12.4. The molecule has 5 nitrogen and oxygen atoms in total. The third kappa shape index (κ3) is 5.19. The van der Waals surface area contributed by atoms with Crippen LogP contribution in [0, 0.1) is 5.92 Å². The summed E-state index contributed by atoms with van der Waals surface area (Å²) in [5.41, 5.74) is 0.275. The van der Waals surface area contributed by atoms with E-state index in [9.17, 15) is 9.59 Å². The van der Waals surface area contributed by atoms with Crippen molar-refractivity contribution in [2.45, 2.75) is 26.3 Å². The van der Waals surface area contributed by atoms with E-state index in [0.717, 1.165) is 0 Å². The van der Waals surface area contributed by atoms with Crippen molar-refractivity contribution in [3.05, 3.63) is 45.4 Å². The molecule has 0 bridgehead atoms. The lowest BCUT2D eigenvalue weighted by molar-refractivity contribution is -0.118. The van der Waals surface area contributed by atoms with Crippen LogP contribution in [0.2, 0.25) is 10.0 Å². The second-order valence-electron chi connectivity index (χ2n) is 5.61. The molecule has 1 heterocycles. The van der Waals surface area contributed by atoms with Crippen molar-refractivity contribution in [3.8, 4) is 0 Å². The van der Waals surface area contributed by atoms with Crippen molar-refractivity contribution >= 4 is 51.5 Å². The van der Waals surface area contributed by atoms with Crippen LogP contribution < -0.4 is 10.6 Å². The van der Waals surface area contributed by atoms with E-state index < -0.39 is 11.9 Å². The highest BCUT2D eigenvalue weighted by Crippen LogP contribution is 2.21. The van der Waals surface area contributed by atoms with Gasteiger partial charge < -0.3 is 10.6 Å². The van der Waals surface area contributed by atoms with E-state index in [1.165, 1.54) is 23.5 Å². The second-order valence-corrected chi connectivity index (χ2v) is 7.34. The number of anilines is 1. The van der Waals surface area contributed by atoms with Gasteiger partial charge in [0.05, 0.1) is 10.6 Å². The predicted octanol–water partition coefficient (Wildman–Crippen LogP) is 4.23. The molecule has 0 spiro atoms. The van der Waals surface area contributed by atoms with Gasteiger partial charge >= 0.3 is 0 Å². The summed E-state index contributed by atoms with van der Waals surface area (Å²) in [6.45, 7) is 3.95. The minimum Gasteiger partial charge on any atom is -0.340 e.